The Morgan fingerprint density at radius 3 is 0.500 bits per heavy atom. The fourth-order valence-corrected chi connectivity index (χ4v) is 28.0. The first-order valence-corrected chi connectivity index (χ1v) is 21.7. The Balaban J connectivity index is 2.29. The smallest absolute Gasteiger partial charge is 0.200 e. The molecule has 7 rings (SSSR count). The maximum absolute atomic E-state index is 17.7. The second-order valence-corrected chi connectivity index (χ2v) is 23.5. The third-order valence-electron chi connectivity index (χ3n) is 10.3. The lowest BCUT2D eigenvalue weighted by Gasteiger charge is -2.75. The number of hydrogen-bond donors (Lipinski definition) is 1. The van der Waals surface area contributed by atoms with Crippen LogP contribution in [0.5, 0.6) is 0 Å². The van der Waals surface area contributed by atoms with E-state index < -0.39 is 168 Å². The van der Waals surface area contributed by atoms with Crippen molar-refractivity contribution in [3.8, 4) is 0 Å². The average Bonchev–Trinajstić information content (AvgIpc) is 3.30. The maximum Gasteiger partial charge on any atom is 0.200 e. The van der Waals surface area contributed by atoms with Gasteiger partial charge in [0.1, 0.15) is 0 Å². The highest BCUT2D eigenvalue weighted by molar-refractivity contribution is 9.16. The average molecular weight is 965 g/mol. The SMILES string of the molecule is Fc1c(F)c(F)c([SH](c2c(F)c(F)c(F)c(F)c2F)(c2c(F)c(F)c(F)c(F)c2F)(c2c(F)c(F)c(F)c(F)c2F)S(c2ccccc2)(c2ccccc2)c2ccccc2)c(F)c1F. The van der Waals surface area contributed by atoms with Crippen molar-refractivity contribution in [2.45, 2.75) is 34.3 Å². The van der Waals surface area contributed by atoms with Crippen LogP contribution in [0.25, 0.3) is 0 Å². The van der Waals surface area contributed by atoms with Crippen LogP contribution in [-0.4, -0.2) is 0 Å². The summed E-state index contributed by atoms with van der Waals surface area (Å²) >= 11 is 0. The highest BCUT2D eigenvalue weighted by Gasteiger charge is 2.73. The first kappa shape index (κ1) is 45.9. The summed E-state index contributed by atoms with van der Waals surface area (Å²) in [4.78, 5) is -18.1. The lowest BCUT2D eigenvalue weighted by Crippen LogP contribution is -2.38. The van der Waals surface area contributed by atoms with Crippen LogP contribution in [0.1, 0.15) is 0 Å². The summed E-state index contributed by atoms with van der Waals surface area (Å²) in [5, 5.41) is 0. The number of halogens is 20. The maximum atomic E-state index is 17.7. The fraction of sp³-hybridized carbons (Fsp3) is 0. The van der Waals surface area contributed by atoms with Crippen LogP contribution in [0.2, 0.25) is 0 Å². The van der Waals surface area contributed by atoms with E-state index in [1.54, 1.807) is 0 Å². The zero-order valence-electron chi connectivity index (χ0n) is 30.6. The van der Waals surface area contributed by atoms with E-state index in [1.165, 1.54) is 0 Å². The molecule has 7 aromatic carbocycles. The molecule has 0 fully saturated rings. The molecule has 0 heterocycles. The van der Waals surface area contributed by atoms with E-state index in [0.717, 1.165) is 54.6 Å². The second-order valence-electron chi connectivity index (χ2n) is 13.2. The van der Waals surface area contributed by atoms with Crippen molar-refractivity contribution in [1.29, 1.82) is 0 Å². The Hall–Kier alpha value is -6.16. The summed E-state index contributed by atoms with van der Waals surface area (Å²) in [5.74, 6) is -72.0. The summed E-state index contributed by atoms with van der Waals surface area (Å²) in [5.41, 5.74) is 0. The lowest BCUT2D eigenvalue weighted by atomic mass is 10.3. The largest absolute Gasteiger partial charge is 0.202 e. The highest BCUT2D eigenvalue weighted by atomic mass is 33.2. The molecule has 0 bridgehead atoms. The standard InChI is InChI=1S/C42H16F20S2/c43-19-23(47)31(55)39(32(56)24(19)48)64(40-33(57)25(49)20(44)26(50)34(40)58,41-35(59)27(51)21(45)28(52)36(41)60,42-37(61)29(53)22(46)30(54)38(42)62)63(16-10-4-1-5-11-16,17-12-6-2-7-13-17)18-14-8-3-9-15-18/h1-15,64H. The van der Waals surface area contributed by atoms with Crippen molar-refractivity contribution < 1.29 is 87.8 Å². The van der Waals surface area contributed by atoms with Crippen LogP contribution in [0, 0.1) is 116 Å². The van der Waals surface area contributed by atoms with E-state index in [2.05, 4.69) is 0 Å². The molecule has 0 aliphatic heterocycles. The number of hydrogen-bond acceptors (Lipinski definition) is 0. The van der Waals surface area contributed by atoms with Crippen LogP contribution in [0.4, 0.5) is 87.8 Å². The summed E-state index contributed by atoms with van der Waals surface area (Å²) in [6.45, 7) is 0. The molecule has 0 saturated heterocycles. The molecule has 0 aliphatic rings. The van der Waals surface area contributed by atoms with Gasteiger partial charge in [-0.05, 0) is 36.4 Å². The Morgan fingerprint density at radius 1 is 0.203 bits per heavy atom. The third-order valence-corrected chi connectivity index (χ3v) is 26.6. The van der Waals surface area contributed by atoms with Gasteiger partial charge in [0.05, 0.1) is 19.6 Å². The Kier molecular flexibility index (Phi) is 11.3. The molecule has 0 aliphatic carbocycles. The van der Waals surface area contributed by atoms with E-state index in [0.29, 0.717) is 36.4 Å². The summed E-state index contributed by atoms with van der Waals surface area (Å²) < 4.78 is 333. The molecule has 0 spiro atoms. The lowest BCUT2D eigenvalue weighted by molar-refractivity contribution is 0.343. The molecule has 64 heavy (non-hydrogen) atoms. The molecule has 0 saturated carbocycles. The van der Waals surface area contributed by atoms with Crippen molar-refractivity contribution in [2.24, 2.45) is 0 Å². The van der Waals surface area contributed by atoms with E-state index in [1.807, 2.05) is 0 Å². The number of benzene rings is 7. The molecule has 0 N–H and O–H groups in total. The van der Waals surface area contributed by atoms with E-state index in [4.69, 9.17) is 0 Å². The first-order chi connectivity index (χ1) is 30.1. The Morgan fingerprint density at radius 2 is 0.344 bits per heavy atom. The summed E-state index contributed by atoms with van der Waals surface area (Å²) in [7, 11) is -16.5. The molecule has 0 nitrogen and oxygen atoms in total. The molecule has 0 atom stereocenters. The highest BCUT2D eigenvalue weighted by Crippen LogP contribution is 3.14. The predicted octanol–water partition coefficient (Wildman–Crippen LogP) is 15.0. The fourth-order valence-electron chi connectivity index (χ4n) is 7.98. The van der Waals surface area contributed by atoms with Gasteiger partial charge in [-0.25, -0.2) is 87.8 Å². The van der Waals surface area contributed by atoms with Gasteiger partial charge in [0, 0.05) is 14.7 Å². The van der Waals surface area contributed by atoms with Gasteiger partial charge in [0.2, 0.25) is 23.3 Å². The third kappa shape index (κ3) is 5.43. The molecule has 336 valence electrons. The van der Waals surface area contributed by atoms with Gasteiger partial charge in [-0.3, -0.25) is 0 Å². The molecule has 0 unspecified atom stereocenters. The Labute approximate surface area is 346 Å². The monoisotopic (exact) mass is 964 g/mol. The van der Waals surface area contributed by atoms with Gasteiger partial charge < -0.3 is 0 Å². The van der Waals surface area contributed by atoms with Gasteiger partial charge >= 0.3 is 0 Å². The van der Waals surface area contributed by atoms with Crippen molar-refractivity contribution in [3.05, 3.63) is 207 Å². The van der Waals surface area contributed by atoms with E-state index in [9.17, 15) is 0 Å². The molecular weight excluding hydrogens is 949 g/mol. The van der Waals surface area contributed by atoms with Gasteiger partial charge in [0.25, 0.3) is 0 Å². The molecule has 22 heteroatoms. The van der Waals surface area contributed by atoms with Gasteiger partial charge in [-0.1, -0.05) is 54.6 Å². The van der Waals surface area contributed by atoms with Gasteiger partial charge in [-0.2, -0.15) is 0 Å². The zero-order chi connectivity index (χ0) is 47.1. The van der Waals surface area contributed by atoms with Crippen molar-refractivity contribution in [2.75, 3.05) is 0 Å². The van der Waals surface area contributed by atoms with Gasteiger partial charge in [0.15, 0.2) is 93.1 Å². The van der Waals surface area contributed by atoms with E-state index in [-0.39, 0.29) is 0 Å². The molecular formula is C42H16F20S2. The van der Waals surface area contributed by atoms with Crippen molar-refractivity contribution >= 4 is 17.3 Å². The van der Waals surface area contributed by atoms with Crippen LogP contribution in [-0.2, 0) is 0 Å². The van der Waals surface area contributed by atoms with Crippen molar-refractivity contribution in [1.82, 2.24) is 0 Å². The quantitative estimate of drug-likeness (QED) is 0.0507. The van der Waals surface area contributed by atoms with Crippen molar-refractivity contribution in [3.63, 3.8) is 0 Å². The molecule has 0 radical (unpaired) electrons. The van der Waals surface area contributed by atoms with Crippen LogP contribution < -0.4 is 0 Å². The van der Waals surface area contributed by atoms with Crippen LogP contribution in [0.3, 0.4) is 0 Å². The minimum atomic E-state index is -10.2. The van der Waals surface area contributed by atoms with Gasteiger partial charge in [-0.15, -0.1) is 17.3 Å². The molecule has 0 aromatic heterocycles. The molecule has 0 amide bonds. The van der Waals surface area contributed by atoms with E-state index >= 15 is 87.8 Å². The second kappa shape index (κ2) is 15.8. The van der Waals surface area contributed by atoms with Crippen LogP contribution in [0.15, 0.2) is 125 Å². The normalized spacial score (nSPS) is 13.0. The summed E-state index contributed by atoms with van der Waals surface area (Å²) in [6.07, 6.45) is 0. The molecule has 7 aromatic rings. The predicted molar refractivity (Wildman–Crippen MR) is 189 cm³/mol. The minimum absolute atomic E-state index is 0.507. The number of thiol groups is 1. The summed E-state index contributed by atoms with van der Waals surface area (Å²) in [6, 6.07) is 10.5. The zero-order valence-corrected chi connectivity index (χ0v) is 32.3. The number of rotatable bonds is 8. The first-order valence-electron chi connectivity index (χ1n) is 17.2. The Bertz CT molecular complexity index is 2570. The minimum Gasteiger partial charge on any atom is -0.202 e. The van der Waals surface area contributed by atoms with Crippen LogP contribution >= 0.6 is 17.3 Å². The topological polar surface area (TPSA) is 0 Å².